The summed E-state index contributed by atoms with van der Waals surface area (Å²) in [7, 11) is -1.18. The summed E-state index contributed by atoms with van der Waals surface area (Å²) in [5, 5.41) is 6.58. The van der Waals surface area contributed by atoms with Crippen LogP contribution in [0, 0.1) is 0 Å². The van der Waals surface area contributed by atoms with E-state index in [-0.39, 0.29) is 11.8 Å². The first-order chi connectivity index (χ1) is 13.9. The quantitative estimate of drug-likeness (QED) is 0.338. The average Bonchev–Trinajstić information content (AvgIpc) is 2.72. The van der Waals surface area contributed by atoms with E-state index in [0.717, 1.165) is 58.1 Å². The third-order valence-corrected chi connectivity index (χ3v) is 6.19. The van der Waals surface area contributed by atoms with Crippen LogP contribution in [0.2, 0.25) is 0 Å². The molecule has 1 heterocycles. The fourth-order valence-corrected chi connectivity index (χ4v) is 4.21. The van der Waals surface area contributed by atoms with E-state index < -0.39 is 9.84 Å². The van der Waals surface area contributed by atoms with Crippen LogP contribution in [0.5, 0.6) is 0 Å². The SMILES string of the molecule is CN=C(NCCCCN1CCN(c2ccccc2)CC1)NC(C)CCS(C)(=O)=O. The summed E-state index contributed by atoms with van der Waals surface area (Å²) in [6.07, 6.45) is 4.08. The zero-order chi connectivity index (χ0) is 21.1. The van der Waals surface area contributed by atoms with Crippen LogP contribution in [0.25, 0.3) is 0 Å². The molecule has 0 amide bonds. The molecular formula is C21H37N5O2S. The van der Waals surface area contributed by atoms with Gasteiger partial charge < -0.3 is 15.5 Å². The molecule has 1 aliphatic heterocycles. The van der Waals surface area contributed by atoms with Gasteiger partial charge in [-0.05, 0) is 44.9 Å². The molecule has 2 rings (SSSR count). The molecule has 0 aromatic heterocycles. The van der Waals surface area contributed by atoms with Crippen LogP contribution < -0.4 is 15.5 Å². The van der Waals surface area contributed by atoms with Crippen LogP contribution in [0.4, 0.5) is 5.69 Å². The molecule has 164 valence electrons. The van der Waals surface area contributed by atoms with Crippen LogP contribution in [0.15, 0.2) is 35.3 Å². The van der Waals surface area contributed by atoms with Crippen molar-refractivity contribution < 1.29 is 8.42 Å². The molecule has 1 fully saturated rings. The number of piperazine rings is 1. The molecule has 1 aromatic rings. The lowest BCUT2D eigenvalue weighted by atomic mass is 10.2. The summed E-state index contributed by atoms with van der Waals surface area (Å²) in [6.45, 7) is 8.37. The zero-order valence-electron chi connectivity index (χ0n) is 18.1. The van der Waals surface area contributed by atoms with E-state index in [1.54, 1.807) is 7.05 Å². The molecule has 0 spiro atoms. The number of nitrogens with one attached hydrogen (secondary N) is 2. The Bertz CT molecular complexity index is 716. The highest BCUT2D eigenvalue weighted by atomic mass is 32.2. The Morgan fingerprint density at radius 1 is 1.14 bits per heavy atom. The van der Waals surface area contributed by atoms with Crippen LogP contribution in [0.1, 0.15) is 26.2 Å². The van der Waals surface area contributed by atoms with E-state index in [9.17, 15) is 8.42 Å². The van der Waals surface area contributed by atoms with E-state index in [2.05, 4.69) is 55.8 Å². The van der Waals surface area contributed by atoms with Crippen molar-refractivity contribution in [3.8, 4) is 0 Å². The Kier molecular flexibility index (Phi) is 9.73. The first kappa shape index (κ1) is 23.5. The predicted molar refractivity (Wildman–Crippen MR) is 123 cm³/mol. The molecule has 8 heteroatoms. The average molecular weight is 424 g/mol. The van der Waals surface area contributed by atoms with Crippen molar-refractivity contribution in [3.05, 3.63) is 30.3 Å². The number of hydrogen-bond acceptors (Lipinski definition) is 5. The van der Waals surface area contributed by atoms with Gasteiger partial charge in [-0.15, -0.1) is 0 Å². The number of rotatable bonds is 10. The summed E-state index contributed by atoms with van der Waals surface area (Å²) in [4.78, 5) is 9.22. The minimum absolute atomic E-state index is 0.0665. The highest BCUT2D eigenvalue weighted by Gasteiger charge is 2.16. The molecule has 29 heavy (non-hydrogen) atoms. The number of unbranched alkanes of at least 4 members (excludes halogenated alkanes) is 1. The Morgan fingerprint density at radius 3 is 2.45 bits per heavy atom. The van der Waals surface area contributed by atoms with Gasteiger partial charge in [-0.1, -0.05) is 18.2 Å². The van der Waals surface area contributed by atoms with Crippen LogP contribution in [-0.4, -0.2) is 83.6 Å². The number of para-hydroxylation sites is 1. The third-order valence-electron chi connectivity index (χ3n) is 5.22. The van der Waals surface area contributed by atoms with Gasteiger partial charge in [0, 0.05) is 57.8 Å². The minimum Gasteiger partial charge on any atom is -0.369 e. The molecule has 1 saturated heterocycles. The molecule has 7 nitrogen and oxygen atoms in total. The molecule has 1 aromatic carbocycles. The molecule has 1 unspecified atom stereocenters. The van der Waals surface area contributed by atoms with Crippen molar-refractivity contribution >= 4 is 21.5 Å². The Balaban J connectivity index is 1.56. The molecule has 0 bridgehead atoms. The summed E-state index contributed by atoms with van der Waals surface area (Å²) in [5.74, 6) is 0.929. The van der Waals surface area contributed by atoms with Crippen molar-refractivity contribution in [2.24, 2.45) is 4.99 Å². The van der Waals surface area contributed by atoms with Crippen LogP contribution in [0.3, 0.4) is 0 Å². The van der Waals surface area contributed by atoms with Crippen molar-refractivity contribution in [1.29, 1.82) is 0 Å². The largest absolute Gasteiger partial charge is 0.369 e. The summed E-state index contributed by atoms with van der Waals surface area (Å²) >= 11 is 0. The third kappa shape index (κ3) is 9.49. The van der Waals surface area contributed by atoms with Gasteiger partial charge in [0.15, 0.2) is 5.96 Å². The highest BCUT2D eigenvalue weighted by Crippen LogP contribution is 2.15. The topological polar surface area (TPSA) is 77.0 Å². The van der Waals surface area contributed by atoms with Gasteiger partial charge in [-0.2, -0.15) is 0 Å². The number of guanidine groups is 1. The first-order valence-corrected chi connectivity index (χ1v) is 12.6. The van der Waals surface area contributed by atoms with Crippen LogP contribution in [-0.2, 0) is 9.84 Å². The molecule has 0 aliphatic carbocycles. The lowest BCUT2D eigenvalue weighted by Crippen LogP contribution is -2.46. The number of hydrogen-bond donors (Lipinski definition) is 2. The van der Waals surface area contributed by atoms with Gasteiger partial charge in [-0.25, -0.2) is 8.42 Å². The van der Waals surface area contributed by atoms with Crippen molar-refractivity contribution in [1.82, 2.24) is 15.5 Å². The zero-order valence-corrected chi connectivity index (χ0v) is 18.9. The highest BCUT2D eigenvalue weighted by molar-refractivity contribution is 7.90. The van der Waals surface area contributed by atoms with Gasteiger partial charge in [-0.3, -0.25) is 9.89 Å². The number of sulfone groups is 1. The number of benzene rings is 1. The number of aliphatic imine (C=N–C) groups is 1. The maximum atomic E-state index is 11.3. The minimum atomic E-state index is -2.92. The second-order valence-electron chi connectivity index (χ2n) is 7.83. The van der Waals surface area contributed by atoms with E-state index in [4.69, 9.17) is 0 Å². The Hall–Kier alpha value is -1.80. The standard InChI is InChI=1S/C21H37N5O2S/c1-19(11-18-29(3,27)28)24-21(22-2)23-12-7-8-13-25-14-16-26(17-15-25)20-9-5-4-6-10-20/h4-6,9-10,19H,7-8,11-18H2,1-3H3,(H2,22,23,24). The van der Waals surface area contributed by atoms with E-state index in [1.807, 2.05) is 6.92 Å². The lowest BCUT2D eigenvalue weighted by molar-refractivity contribution is 0.253. The molecule has 1 aliphatic rings. The summed E-state index contributed by atoms with van der Waals surface area (Å²) in [5.41, 5.74) is 1.32. The van der Waals surface area contributed by atoms with E-state index in [0.29, 0.717) is 6.42 Å². The fraction of sp³-hybridized carbons (Fsp3) is 0.667. The van der Waals surface area contributed by atoms with Crippen LogP contribution >= 0.6 is 0 Å². The van der Waals surface area contributed by atoms with Crippen molar-refractivity contribution in [3.63, 3.8) is 0 Å². The second-order valence-corrected chi connectivity index (χ2v) is 10.1. The predicted octanol–water partition coefficient (Wildman–Crippen LogP) is 1.58. The second kappa shape index (κ2) is 12.0. The van der Waals surface area contributed by atoms with E-state index >= 15 is 0 Å². The Labute approximate surface area is 176 Å². The van der Waals surface area contributed by atoms with Gasteiger partial charge in [0.1, 0.15) is 9.84 Å². The fourth-order valence-electron chi connectivity index (χ4n) is 3.43. The first-order valence-electron chi connectivity index (χ1n) is 10.5. The molecular weight excluding hydrogens is 386 g/mol. The number of anilines is 1. The molecule has 2 N–H and O–H groups in total. The van der Waals surface area contributed by atoms with Crippen molar-refractivity contribution in [2.45, 2.75) is 32.2 Å². The molecule has 0 saturated carbocycles. The molecule has 1 atom stereocenters. The maximum Gasteiger partial charge on any atom is 0.191 e. The maximum absolute atomic E-state index is 11.3. The monoisotopic (exact) mass is 423 g/mol. The summed E-state index contributed by atoms with van der Waals surface area (Å²) < 4.78 is 22.6. The van der Waals surface area contributed by atoms with Crippen molar-refractivity contribution in [2.75, 3.05) is 63.2 Å². The normalized spacial score (nSPS) is 17.2. The van der Waals surface area contributed by atoms with Gasteiger partial charge >= 0.3 is 0 Å². The number of nitrogens with zero attached hydrogens (tertiary/aromatic N) is 3. The summed E-state index contributed by atoms with van der Waals surface area (Å²) in [6, 6.07) is 10.7. The smallest absolute Gasteiger partial charge is 0.191 e. The van der Waals surface area contributed by atoms with Gasteiger partial charge in [0.05, 0.1) is 5.75 Å². The molecule has 0 radical (unpaired) electrons. The van der Waals surface area contributed by atoms with Gasteiger partial charge in [0.25, 0.3) is 0 Å². The Morgan fingerprint density at radius 2 is 1.83 bits per heavy atom. The van der Waals surface area contributed by atoms with Gasteiger partial charge in [0.2, 0.25) is 0 Å². The van der Waals surface area contributed by atoms with E-state index in [1.165, 1.54) is 11.9 Å². The lowest BCUT2D eigenvalue weighted by Gasteiger charge is -2.36.